The van der Waals surface area contributed by atoms with Crippen molar-refractivity contribution in [3.8, 4) is 0 Å². The monoisotopic (exact) mass is 1020 g/mol. The molecule has 0 saturated carbocycles. The van der Waals surface area contributed by atoms with E-state index in [1.54, 1.807) is 18.2 Å². The molecular formula is C51H60N8O5Tb+4. The Balaban J connectivity index is 0.00000700. The van der Waals surface area contributed by atoms with Crippen LogP contribution in [0.15, 0.2) is 137 Å². The second-order valence-corrected chi connectivity index (χ2v) is 16.8. The molecule has 339 valence electrons. The van der Waals surface area contributed by atoms with Crippen molar-refractivity contribution < 1.29 is 57.4 Å². The molecule has 0 bridgehead atoms. The van der Waals surface area contributed by atoms with Gasteiger partial charge in [0.25, 0.3) is 0 Å². The summed E-state index contributed by atoms with van der Waals surface area (Å²) in [5.74, 6) is -0.268. The van der Waals surface area contributed by atoms with Crippen LogP contribution in [0.4, 0.5) is 0 Å². The molecule has 7 rings (SSSR count). The van der Waals surface area contributed by atoms with E-state index in [-0.39, 0.29) is 105 Å². The number of benzene rings is 4. The maximum absolute atomic E-state index is 13.7. The fourth-order valence-corrected chi connectivity index (χ4v) is 8.20. The molecule has 3 atom stereocenters. The third kappa shape index (κ3) is 14.5. The smallest absolute Gasteiger partial charge is 0.437 e. The van der Waals surface area contributed by atoms with Gasteiger partial charge in [-0.25, -0.2) is 4.98 Å². The van der Waals surface area contributed by atoms with Crippen LogP contribution in [-0.2, 0) is 20.9 Å². The molecule has 14 heteroatoms. The van der Waals surface area contributed by atoms with E-state index in [0.29, 0.717) is 75.3 Å². The SMILES string of the molecule is C[C@H](NC(=O)CN1CCN(CC(=O)N[C@H](C)c2ccccc2)CCN(CC(=O)N[C@H](C)c2ccccc2)CCN(Cc2ccc3c(=O)c4ccccc4oc3n2)CC1)c1ccccc1.[Tb+4]. The number of carbonyl (C=O) groups excluding carboxylic acids is 3. The molecule has 3 heterocycles. The van der Waals surface area contributed by atoms with Gasteiger partial charge in [-0.15, -0.1) is 0 Å². The van der Waals surface area contributed by atoms with Gasteiger partial charge in [-0.3, -0.25) is 38.8 Å². The van der Waals surface area contributed by atoms with Crippen LogP contribution in [0, 0.1) is 38.6 Å². The number of amides is 3. The van der Waals surface area contributed by atoms with Gasteiger partial charge in [0.1, 0.15) is 5.58 Å². The molecule has 6 aromatic rings. The summed E-state index contributed by atoms with van der Waals surface area (Å²) in [6.07, 6.45) is 0. The molecule has 0 aliphatic carbocycles. The third-order valence-corrected chi connectivity index (χ3v) is 11.9. The van der Waals surface area contributed by atoms with Gasteiger partial charge in [-0.1, -0.05) is 103 Å². The van der Waals surface area contributed by atoms with Gasteiger partial charge in [-0.2, -0.15) is 0 Å². The number of rotatable bonds is 14. The van der Waals surface area contributed by atoms with Crippen molar-refractivity contribution in [2.45, 2.75) is 45.4 Å². The van der Waals surface area contributed by atoms with Crippen molar-refractivity contribution >= 4 is 39.8 Å². The summed E-state index contributed by atoms with van der Waals surface area (Å²) in [6, 6.07) is 40.0. The van der Waals surface area contributed by atoms with Crippen molar-refractivity contribution in [3.63, 3.8) is 0 Å². The molecule has 2 aromatic heterocycles. The van der Waals surface area contributed by atoms with Crippen LogP contribution in [-0.4, -0.2) is 114 Å². The average Bonchev–Trinajstić information content (AvgIpc) is 3.30. The Morgan fingerprint density at radius 1 is 0.508 bits per heavy atom. The van der Waals surface area contributed by atoms with Gasteiger partial charge < -0.3 is 20.4 Å². The molecular weight excluding hydrogens is 964 g/mol. The van der Waals surface area contributed by atoms with Gasteiger partial charge in [0.15, 0.2) is 0 Å². The van der Waals surface area contributed by atoms with Gasteiger partial charge in [0.05, 0.1) is 54.2 Å². The number of hydrogen-bond acceptors (Lipinski definition) is 10. The zero-order valence-corrected chi connectivity index (χ0v) is 39.6. The maximum Gasteiger partial charge on any atom is 4.00 e. The number of para-hydroxylation sites is 1. The second kappa shape index (κ2) is 24.5. The van der Waals surface area contributed by atoms with E-state index in [1.807, 2.05) is 130 Å². The van der Waals surface area contributed by atoms with Crippen LogP contribution in [0.5, 0.6) is 0 Å². The van der Waals surface area contributed by atoms with Crippen LogP contribution in [0.2, 0.25) is 0 Å². The van der Waals surface area contributed by atoms with Gasteiger partial charge in [0, 0.05) is 58.9 Å². The van der Waals surface area contributed by atoms with Crippen molar-refractivity contribution in [2.24, 2.45) is 0 Å². The Morgan fingerprint density at radius 2 is 0.877 bits per heavy atom. The minimum Gasteiger partial charge on any atom is -0.437 e. The molecule has 1 radical (unpaired) electrons. The van der Waals surface area contributed by atoms with E-state index in [1.165, 1.54) is 0 Å². The van der Waals surface area contributed by atoms with E-state index >= 15 is 0 Å². The Bertz CT molecular complexity index is 2450. The van der Waals surface area contributed by atoms with E-state index in [2.05, 4.69) is 35.6 Å². The Labute approximate surface area is 412 Å². The fourth-order valence-electron chi connectivity index (χ4n) is 8.20. The first kappa shape index (κ1) is 49.5. The summed E-state index contributed by atoms with van der Waals surface area (Å²) in [5.41, 5.74) is 4.46. The molecule has 1 fully saturated rings. The Kier molecular flexibility index (Phi) is 18.7. The molecule has 1 aliphatic heterocycles. The molecule has 0 unspecified atom stereocenters. The molecule has 3 N–H and O–H groups in total. The number of carbonyl (C=O) groups is 3. The number of aromatic nitrogens is 1. The second-order valence-electron chi connectivity index (χ2n) is 16.8. The quantitative estimate of drug-likeness (QED) is 0.117. The van der Waals surface area contributed by atoms with Crippen molar-refractivity contribution in [3.05, 3.63) is 160 Å². The van der Waals surface area contributed by atoms with Crippen molar-refractivity contribution in [1.82, 2.24) is 40.5 Å². The molecule has 0 spiro atoms. The van der Waals surface area contributed by atoms with Crippen LogP contribution >= 0.6 is 0 Å². The molecule has 13 nitrogen and oxygen atoms in total. The number of nitrogens with one attached hydrogen (secondary N) is 3. The van der Waals surface area contributed by atoms with Crippen LogP contribution < -0.4 is 21.4 Å². The van der Waals surface area contributed by atoms with Crippen molar-refractivity contribution in [2.75, 3.05) is 72.0 Å². The van der Waals surface area contributed by atoms with E-state index in [0.717, 1.165) is 22.4 Å². The predicted molar refractivity (Wildman–Crippen MR) is 251 cm³/mol. The van der Waals surface area contributed by atoms with Crippen LogP contribution in [0.25, 0.3) is 22.1 Å². The number of fused-ring (bicyclic) bond motifs is 2. The molecule has 3 amide bonds. The first-order valence-electron chi connectivity index (χ1n) is 22.3. The largest absolute Gasteiger partial charge is 4.00 e. The molecule has 1 saturated heterocycles. The van der Waals surface area contributed by atoms with E-state index < -0.39 is 0 Å². The van der Waals surface area contributed by atoms with Crippen LogP contribution in [0.1, 0.15) is 61.3 Å². The average molecular weight is 1020 g/mol. The summed E-state index contributed by atoms with van der Waals surface area (Å²) in [6.45, 7) is 11.3. The Morgan fingerprint density at radius 3 is 1.29 bits per heavy atom. The topological polar surface area (TPSA) is 143 Å². The number of pyridine rings is 1. The number of nitrogens with zero attached hydrogens (tertiary/aromatic N) is 5. The predicted octanol–water partition coefficient (Wildman–Crippen LogP) is 5.70. The molecule has 4 aromatic carbocycles. The summed E-state index contributed by atoms with van der Waals surface area (Å²) < 4.78 is 6.13. The Hall–Kier alpha value is -4.96. The third-order valence-electron chi connectivity index (χ3n) is 11.9. The van der Waals surface area contributed by atoms with Crippen LogP contribution in [0.3, 0.4) is 0 Å². The number of hydrogen-bond donors (Lipinski definition) is 3. The van der Waals surface area contributed by atoms with Crippen molar-refractivity contribution in [1.29, 1.82) is 0 Å². The standard InChI is InChI=1S/C51H60N8O5.Tb/c1-37(40-15-7-4-8-16-40)52-47(60)34-57-27-25-56(33-43-23-24-45-50(63)44-21-13-14-22-46(44)64-51(45)55-43)26-28-58(35-48(61)53-38(2)41-17-9-5-10-18-41)30-32-59(31-29-57)36-49(62)54-39(3)42-19-11-6-12-20-42;/h4-24,37-39H,25-36H2,1-3H3,(H,52,60)(H,53,61)(H,54,62);/q;+4/t37-,38+,39-;/m1./s1. The van der Waals surface area contributed by atoms with Gasteiger partial charge in [-0.05, 0) is 61.7 Å². The first-order chi connectivity index (χ1) is 31.1. The summed E-state index contributed by atoms with van der Waals surface area (Å²) in [5, 5.41) is 10.5. The minimum atomic E-state index is -0.168. The van der Waals surface area contributed by atoms with E-state index in [4.69, 9.17) is 9.40 Å². The normalized spacial score (nSPS) is 16.3. The van der Waals surface area contributed by atoms with E-state index in [9.17, 15) is 19.2 Å². The summed E-state index contributed by atoms with van der Waals surface area (Å²) >= 11 is 0. The summed E-state index contributed by atoms with van der Waals surface area (Å²) in [7, 11) is 0. The van der Waals surface area contributed by atoms with Gasteiger partial charge >= 0.3 is 38.6 Å². The molecule has 1 aliphatic rings. The van der Waals surface area contributed by atoms with Gasteiger partial charge in [0.2, 0.25) is 28.9 Å². The zero-order valence-electron chi connectivity index (χ0n) is 37.5. The fraction of sp³-hybridized carbons (Fsp3) is 0.353. The first-order valence-corrected chi connectivity index (χ1v) is 22.3. The molecule has 65 heavy (non-hydrogen) atoms. The maximum atomic E-state index is 13.7. The summed E-state index contributed by atoms with van der Waals surface area (Å²) in [4.78, 5) is 67.9. The zero-order chi connectivity index (χ0) is 44.8. The minimum absolute atomic E-state index is 0.